The van der Waals surface area contributed by atoms with E-state index in [1.165, 1.54) is 19.3 Å². The first-order chi connectivity index (χ1) is 5.35. The molecule has 0 bridgehead atoms. The van der Waals surface area contributed by atoms with Gasteiger partial charge >= 0.3 is 0 Å². The van der Waals surface area contributed by atoms with Crippen LogP contribution in [-0.2, 0) is 0 Å². The second-order valence-electron chi connectivity index (χ2n) is 3.73. The Balaban J connectivity index is 2.00. The molecule has 0 unspecified atom stereocenters. The van der Waals surface area contributed by atoms with Gasteiger partial charge in [-0.1, -0.05) is 18.6 Å². The fraction of sp³-hybridized carbons (Fsp3) is 0.700. The van der Waals surface area contributed by atoms with Crippen LogP contribution in [0, 0.1) is 17.8 Å². The van der Waals surface area contributed by atoms with Gasteiger partial charge in [0.25, 0.3) is 0 Å². The van der Waals surface area contributed by atoms with Crippen molar-refractivity contribution < 1.29 is 0 Å². The molecule has 0 aromatic carbocycles. The fourth-order valence-corrected chi connectivity index (χ4v) is 2.37. The largest absolute Gasteiger partial charge is 0.330 e. The van der Waals surface area contributed by atoms with Crippen molar-refractivity contribution >= 4 is 0 Å². The summed E-state index contributed by atoms with van der Waals surface area (Å²) in [6.07, 6.45) is 6.35. The third-order valence-corrected chi connectivity index (χ3v) is 3.16. The van der Waals surface area contributed by atoms with Gasteiger partial charge in [0.05, 0.1) is 0 Å². The van der Waals surface area contributed by atoms with Crippen molar-refractivity contribution in [2.75, 3.05) is 6.54 Å². The van der Waals surface area contributed by atoms with Crippen molar-refractivity contribution in [1.29, 1.82) is 0 Å². The Hall–Kier alpha value is -0.300. The Kier molecular flexibility index (Phi) is 1.76. The number of hydrogen-bond acceptors (Lipinski definition) is 1. The van der Waals surface area contributed by atoms with Crippen LogP contribution in [0.25, 0.3) is 0 Å². The summed E-state index contributed by atoms with van der Waals surface area (Å²) in [5.74, 6) is 3.32. The van der Waals surface area contributed by atoms with Crippen LogP contribution in [0.1, 0.15) is 26.2 Å². The lowest BCUT2D eigenvalue weighted by Crippen LogP contribution is -2.35. The van der Waals surface area contributed by atoms with E-state index in [9.17, 15) is 0 Å². The van der Waals surface area contributed by atoms with E-state index in [4.69, 9.17) is 5.73 Å². The summed E-state index contributed by atoms with van der Waals surface area (Å²) in [6, 6.07) is 0. The molecule has 0 aliphatic heterocycles. The molecule has 2 aliphatic rings. The van der Waals surface area contributed by atoms with Gasteiger partial charge in [0.1, 0.15) is 0 Å². The maximum Gasteiger partial charge on any atom is -0.000863 e. The van der Waals surface area contributed by atoms with Crippen molar-refractivity contribution in [3.05, 3.63) is 17.6 Å². The monoisotopic (exact) mass is 150 g/mol. The highest BCUT2D eigenvalue weighted by molar-refractivity contribution is 5.28. The lowest BCUT2D eigenvalue weighted by atomic mass is 9.66. The van der Waals surface area contributed by atoms with E-state index in [0.717, 1.165) is 18.4 Å². The molecule has 2 rings (SSSR count). The van der Waals surface area contributed by atoms with Gasteiger partial charge in [0, 0.05) is 0 Å². The highest BCUT2D eigenvalue weighted by Gasteiger charge is 2.42. The highest BCUT2D eigenvalue weighted by atomic mass is 14.6. The minimum Gasteiger partial charge on any atom is -0.330 e. The molecule has 0 spiro atoms. The molecule has 0 amide bonds. The summed E-state index contributed by atoms with van der Waals surface area (Å²) in [5, 5.41) is 0. The predicted molar refractivity (Wildman–Crippen MR) is 46.9 cm³/mol. The lowest BCUT2D eigenvalue weighted by molar-refractivity contribution is 0.283. The summed E-state index contributed by atoms with van der Waals surface area (Å²) in [4.78, 5) is 0. The van der Waals surface area contributed by atoms with Crippen molar-refractivity contribution in [2.45, 2.75) is 26.2 Å². The number of nitrogens with two attached hydrogens (primary N) is 1. The average Bonchev–Trinajstić information content (AvgIpc) is 2.31. The smallest absolute Gasteiger partial charge is 0.000863 e. The van der Waals surface area contributed by atoms with Gasteiger partial charge in [0.15, 0.2) is 0 Å². The second kappa shape index (κ2) is 2.63. The van der Waals surface area contributed by atoms with E-state index in [0.29, 0.717) is 0 Å². The maximum atomic E-state index is 5.61. The van der Waals surface area contributed by atoms with Gasteiger partial charge in [-0.3, -0.25) is 0 Å². The molecule has 1 fully saturated rings. The summed E-state index contributed by atoms with van der Waals surface area (Å²) in [5.41, 5.74) is 7.27. The predicted octanol–water partition coefficient (Wildman–Crippen LogP) is 1.90. The van der Waals surface area contributed by atoms with Gasteiger partial charge in [-0.15, -0.1) is 0 Å². The molecule has 2 atom stereocenters. The molecule has 0 aromatic heterocycles. The zero-order valence-corrected chi connectivity index (χ0v) is 7.14. The Morgan fingerprint density at radius 3 is 3.00 bits per heavy atom. The first kappa shape index (κ1) is 7.35. The number of hydrogen-bond donors (Lipinski definition) is 1. The SMILES string of the molecule is CCC1=C[C@H]2[C](CN)C[C@@H]2C1. The fourth-order valence-electron chi connectivity index (χ4n) is 2.37. The molecule has 1 radical (unpaired) electrons. The molecule has 1 saturated carbocycles. The number of fused-ring (bicyclic) bond motifs is 1. The van der Waals surface area contributed by atoms with Gasteiger partial charge in [-0.25, -0.2) is 0 Å². The Bertz CT molecular complexity index is 183. The molecule has 2 N–H and O–H groups in total. The Morgan fingerprint density at radius 2 is 2.36 bits per heavy atom. The Morgan fingerprint density at radius 1 is 1.55 bits per heavy atom. The number of allylic oxidation sites excluding steroid dienone is 2. The van der Waals surface area contributed by atoms with Crippen LogP contribution in [0.15, 0.2) is 11.6 Å². The quantitative estimate of drug-likeness (QED) is 0.598. The van der Waals surface area contributed by atoms with Crippen LogP contribution in [0.5, 0.6) is 0 Å². The first-order valence-corrected chi connectivity index (χ1v) is 4.59. The van der Waals surface area contributed by atoms with E-state index in [-0.39, 0.29) is 0 Å². The van der Waals surface area contributed by atoms with Crippen molar-refractivity contribution in [2.24, 2.45) is 17.6 Å². The average molecular weight is 150 g/mol. The molecule has 61 valence electrons. The van der Waals surface area contributed by atoms with Crippen LogP contribution in [0.4, 0.5) is 0 Å². The van der Waals surface area contributed by atoms with Gasteiger partial charge in [-0.05, 0) is 43.6 Å². The lowest BCUT2D eigenvalue weighted by Gasteiger charge is -2.38. The zero-order chi connectivity index (χ0) is 7.84. The molecule has 11 heavy (non-hydrogen) atoms. The molecule has 0 saturated heterocycles. The van der Waals surface area contributed by atoms with E-state index < -0.39 is 0 Å². The first-order valence-electron chi connectivity index (χ1n) is 4.59. The number of rotatable bonds is 2. The molecule has 1 nitrogen and oxygen atoms in total. The van der Waals surface area contributed by atoms with E-state index in [2.05, 4.69) is 13.0 Å². The third kappa shape index (κ3) is 1.02. The molecule has 2 aliphatic carbocycles. The minimum absolute atomic E-state index is 0.787. The van der Waals surface area contributed by atoms with Crippen molar-refractivity contribution in [1.82, 2.24) is 0 Å². The molecule has 1 heteroatoms. The van der Waals surface area contributed by atoms with Crippen LogP contribution in [0.3, 0.4) is 0 Å². The van der Waals surface area contributed by atoms with Gasteiger partial charge in [-0.2, -0.15) is 0 Å². The molecular weight excluding hydrogens is 134 g/mol. The summed E-state index contributed by atoms with van der Waals surface area (Å²) in [7, 11) is 0. The van der Waals surface area contributed by atoms with Gasteiger partial charge < -0.3 is 5.73 Å². The molecule has 0 aromatic rings. The normalized spacial score (nSPS) is 36.4. The summed E-state index contributed by atoms with van der Waals surface area (Å²) >= 11 is 0. The van der Waals surface area contributed by atoms with E-state index in [1.54, 1.807) is 11.5 Å². The minimum atomic E-state index is 0.787. The Labute approximate surface area is 68.7 Å². The molecule has 0 heterocycles. The summed E-state index contributed by atoms with van der Waals surface area (Å²) in [6.45, 7) is 3.06. The summed E-state index contributed by atoms with van der Waals surface area (Å²) < 4.78 is 0. The third-order valence-electron chi connectivity index (χ3n) is 3.16. The zero-order valence-electron chi connectivity index (χ0n) is 7.14. The standard InChI is InChI=1S/C10H16N/c1-2-7-3-8-5-9(6-11)10(8)4-7/h4,8,10H,2-3,5-6,11H2,1H3/t8-,10+/m0/s1. The van der Waals surface area contributed by atoms with Crippen LogP contribution in [0.2, 0.25) is 0 Å². The van der Waals surface area contributed by atoms with E-state index in [1.807, 2.05) is 0 Å². The highest BCUT2D eigenvalue weighted by Crippen LogP contribution is 2.51. The van der Waals surface area contributed by atoms with Crippen molar-refractivity contribution in [3.8, 4) is 0 Å². The van der Waals surface area contributed by atoms with Crippen LogP contribution in [-0.4, -0.2) is 6.54 Å². The maximum absolute atomic E-state index is 5.61. The van der Waals surface area contributed by atoms with Crippen LogP contribution < -0.4 is 5.73 Å². The second-order valence-corrected chi connectivity index (χ2v) is 3.73. The topological polar surface area (TPSA) is 26.0 Å². The molecular formula is C10H16N. The van der Waals surface area contributed by atoms with Gasteiger partial charge in [0.2, 0.25) is 0 Å². The van der Waals surface area contributed by atoms with Crippen molar-refractivity contribution in [3.63, 3.8) is 0 Å². The van der Waals surface area contributed by atoms with E-state index >= 15 is 0 Å². The van der Waals surface area contributed by atoms with Crippen LogP contribution >= 0.6 is 0 Å².